The Morgan fingerprint density at radius 3 is 2.22 bits per heavy atom. The van der Waals surface area contributed by atoms with E-state index in [0.717, 1.165) is 24.3 Å². The minimum Gasteiger partial charge on any atom is -0.478 e. The third kappa shape index (κ3) is 5.56. The lowest BCUT2D eigenvalue weighted by Gasteiger charge is -2.20. The van der Waals surface area contributed by atoms with Gasteiger partial charge in [0, 0.05) is 11.6 Å². The number of aromatic carboxylic acids is 2. The van der Waals surface area contributed by atoms with Crippen molar-refractivity contribution in [3.05, 3.63) is 83.1 Å². The zero-order valence-electron chi connectivity index (χ0n) is 18.7. The van der Waals surface area contributed by atoms with Gasteiger partial charge < -0.3 is 20.3 Å². The molecule has 192 valence electrons. The summed E-state index contributed by atoms with van der Waals surface area (Å²) in [5.74, 6) is -7.00. The molecule has 4 rings (SSSR count). The summed E-state index contributed by atoms with van der Waals surface area (Å²) in [4.78, 5) is 39.5. The Morgan fingerprint density at radius 2 is 1.65 bits per heavy atom. The van der Waals surface area contributed by atoms with Crippen molar-refractivity contribution >= 4 is 33.5 Å². The molecule has 1 heterocycles. The molecule has 0 bridgehead atoms. The molecule has 1 aromatic heterocycles. The highest BCUT2D eigenvalue weighted by molar-refractivity contribution is 7.92. The lowest BCUT2D eigenvalue weighted by molar-refractivity contribution is -0.123. The molecule has 0 aliphatic heterocycles. The second kappa shape index (κ2) is 9.93. The Bertz CT molecular complexity index is 1510. The zero-order chi connectivity index (χ0) is 26.9. The summed E-state index contributed by atoms with van der Waals surface area (Å²) in [7, 11) is -3.53. The van der Waals surface area contributed by atoms with E-state index < -0.39 is 67.7 Å². The molecule has 0 radical (unpaired) electrons. The number of carboxylic acids is 2. The first kappa shape index (κ1) is 25.7. The predicted molar refractivity (Wildman–Crippen MR) is 123 cm³/mol. The molecule has 0 spiro atoms. The topological polar surface area (TPSA) is 160 Å². The van der Waals surface area contributed by atoms with Gasteiger partial charge in [-0.05, 0) is 49.2 Å². The average molecular weight is 532 g/mol. The number of rotatable bonds is 9. The van der Waals surface area contributed by atoms with Crippen LogP contribution in [0.1, 0.15) is 45.4 Å². The molecule has 1 saturated carbocycles. The smallest absolute Gasteiger partial charge is 0.355 e. The zero-order valence-corrected chi connectivity index (χ0v) is 19.5. The number of pyridine rings is 1. The fraction of sp³-hybridized carbons (Fsp3) is 0.167. The van der Waals surface area contributed by atoms with E-state index in [4.69, 9.17) is 9.84 Å². The second-order valence-corrected chi connectivity index (χ2v) is 10.3. The molecule has 1 aliphatic carbocycles. The highest BCUT2D eigenvalue weighted by Crippen LogP contribution is 2.34. The minimum atomic E-state index is -3.53. The van der Waals surface area contributed by atoms with E-state index in [9.17, 15) is 36.7 Å². The summed E-state index contributed by atoms with van der Waals surface area (Å²) in [5, 5.41) is 20.2. The molecule has 3 N–H and O–H groups in total. The van der Waals surface area contributed by atoms with Crippen molar-refractivity contribution in [1.29, 1.82) is 0 Å². The Labute approximate surface area is 208 Å². The number of anilines is 1. The first-order valence-electron chi connectivity index (χ1n) is 10.7. The Kier molecular flexibility index (Phi) is 6.90. The van der Waals surface area contributed by atoms with Crippen LogP contribution in [0.15, 0.2) is 59.5 Å². The van der Waals surface area contributed by atoms with Gasteiger partial charge >= 0.3 is 11.9 Å². The number of ether oxygens (including phenoxy) is 1. The van der Waals surface area contributed by atoms with E-state index in [0.29, 0.717) is 18.9 Å². The number of nitrogens with one attached hydrogen (secondary N) is 1. The molecule has 10 nitrogen and oxygen atoms in total. The summed E-state index contributed by atoms with van der Waals surface area (Å²) >= 11 is 0. The summed E-state index contributed by atoms with van der Waals surface area (Å²) in [5.41, 5.74) is -1.35. The van der Waals surface area contributed by atoms with Gasteiger partial charge in [-0.15, -0.1) is 0 Å². The highest BCUT2D eigenvalue weighted by Gasteiger charge is 2.37. The number of benzene rings is 2. The average Bonchev–Trinajstić information content (AvgIpc) is 3.70. The number of nitrogens with zero attached hydrogens (tertiary/aromatic N) is 1. The van der Waals surface area contributed by atoms with Crippen LogP contribution in [-0.4, -0.2) is 46.7 Å². The SMILES string of the molecule is O=C(O)c1ccc(NC(=O)C(Oc2ccc(F)cc2F)c2ccc(S(=O)(=O)C3CC3)cc2)nc1C(=O)O. The van der Waals surface area contributed by atoms with Crippen LogP contribution < -0.4 is 10.1 Å². The maximum Gasteiger partial charge on any atom is 0.355 e. The lowest BCUT2D eigenvalue weighted by atomic mass is 10.1. The number of carboxylic acid groups (broad SMARTS) is 2. The van der Waals surface area contributed by atoms with Crippen molar-refractivity contribution in [1.82, 2.24) is 4.98 Å². The first-order chi connectivity index (χ1) is 17.5. The van der Waals surface area contributed by atoms with Gasteiger partial charge in [0.1, 0.15) is 11.6 Å². The fourth-order valence-corrected chi connectivity index (χ4v) is 5.09. The molecule has 1 atom stereocenters. The van der Waals surface area contributed by atoms with Crippen molar-refractivity contribution in [2.45, 2.75) is 29.1 Å². The van der Waals surface area contributed by atoms with Gasteiger partial charge in [0.25, 0.3) is 5.91 Å². The maximum atomic E-state index is 14.3. The highest BCUT2D eigenvalue weighted by atomic mass is 32.2. The fourth-order valence-electron chi connectivity index (χ4n) is 3.43. The van der Waals surface area contributed by atoms with Crippen LogP contribution in [0.5, 0.6) is 5.75 Å². The molecule has 1 unspecified atom stereocenters. The third-order valence-corrected chi connectivity index (χ3v) is 7.71. The molecule has 0 saturated heterocycles. The monoisotopic (exact) mass is 532 g/mol. The number of carbonyl (C=O) groups is 3. The number of aromatic nitrogens is 1. The lowest BCUT2D eigenvalue weighted by Crippen LogP contribution is -2.27. The van der Waals surface area contributed by atoms with Gasteiger partial charge in [0.2, 0.25) is 6.10 Å². The van der Waals surface area contributed by atoms with Gasteiger partial charge in [-0.25, -0.2) is 31.8 Å². The van der Waals surface area contributed by atoms with Gasteiger partial charge in [0.15, 0.2) is 27.1 Å². The van der Waals surface area contributed by atoms with Crippen LogP contribution >= 0.6 is 0 Å². The van der Waals surface area contributed by atoms with Gasteiger partial charge in [-0.1, -0.05) is 12.1 Å². The van der Waals surface area contributed by atoms with Crippen LogP contribution in [0.2, 0.25) is 0 Å². The van der Waals surface area contributed by atoms with E-state index in [2.05, 4.69) is 10.3 Å². The molecule has 1 aliphatic rings. The quantitative estimate of drug-likeness (QED) is 0.375. The van der Waals surface area contributed by atoms with E-state index in [1.54, 1.807) is 0 Å². The molecule has 2 aromatic carbocycles. The van der Waals surface area contributed by atoms with E-state index in [1.807, 2.05) is 0 Å². The van der Waals surface area contributed by atoms with Gasteiger partial charge in [-0.3, -0.25) is 4.79 Å². The van der Waals surface area contributed by atoms with Crippen molar-refractivity contribution in [3.8, 4) is 5.75 Å². The van der Waals surface area contributed by atoms with Crippen LogP contribution in [0.25, 0.3) is 0 Å². The summed E-state index contributed by atoms with van der Waals surface area (Å²) in [6.07, 6.45) is -0.519. The second-order valence-electron chi connectivity index (χ2n) is 8.08. The van der Waals surface area contributed by atoms with Crippen molar-refractivity contribution < 1.29 is 46.5 Å². The van der Waals surface area contributed by atoms with Crippen LogP contribution in [-0.2, 0) is 14.6 Å². The summed E-state index contributed by atoms with van der Waals surface area (Å²) in [6, 6.07) is 9.53. The molecule has 3 aromatic rings. The minimum absolute atomic E-state index is 0.0305. The number of carbonyl (C=O) groups excluding carboxylic acids is 1. The van der Waals surface area contributed by atoms with Crippen molar-refractivity contribution in [2.24, 2.45) is 0 Å². The number of hydrogen-bond acceptors (Lipinski definition) is 7. The van der Waals surface area contributed by atoms with E-state index in [1.165, 1.54) is 24.3 Å². The molecule has 13 heteroatoms. The van der Waals surface area contributed by atoms with Crippen molar-refractivity contribution in [2.75, 3.05) is 5.32 Å². The van der Waals surface area contributed by atoms with Gasteiger partial charge in [-0.2, -0.15) is 0 Å². The van der Waals surface area contributed by atoms with Gasteiger partial charge in [0.05, 0.1) is 15.7 Å². The molecule has 1 amide bonds. The van der Waals surface area contributed by atoms with Crippen LogP contribution in [0.3, 0.4) is 0 Å². The predicted octanol–water partition coefficient (Wildman–Crippen LogP) is 3.45. The van der Waals surface area contributed by atoms with Crippen molar-refractivity contribution in [3.63, 3.8) is 0 Å². The first-order valence-corrected chi connectivity index (χ1v) is 12.3. The molecular formula is C24H18F2N2O8S. The third-order valence-electron chi connectivity index (χ3n) is 5.43. The summed E-state index contributed by atoms with van der Waals surface area (Å²) < 4.78 is 58.1. The molecule has 1 fully saturated rings. The summed E-state index contributed by atoms with van der Waals surface area (Å²) in [6.45, 7) is 0. The normalized spacial score (nSPS) is 14.0. The largest absolute Gasteiger partial charge is 0.478 e. The Hall–Kier alpha value is -4.39. The Morgan fingerprint density at radius 1 is 0.973 bits per heavy atom. The number of halogens is 2. The standard InChI is InChI=1S/C24H18F2N2O8S/c25-13-3-9-18(17(26)11-13)36-21(12-1-4-14(5-2-12)37(34,35)15-6-7-15)22(29)28-19-10-8-16(23(30)31)20(27-19)24(32)33/h1-5,8-11,15,21H,6-7H2,(H,30,31)(H,32,33)(H,27,28,29). The number of hydrogen-bond donors (Lipinski definition) is 3. The molecular weight excluding hydrogens is 514 g/mol. The molecule has 37 heavy (non-hydrogen) atoms. The van der Waals surface area contributed by atoms with Crippen LogP contribution in [0, 0.1) is 11.6 Å². The Balaban J connectivity index is 1.68. The number of amides is 1. The van der Waals surface area contributed by atoms with E-state index in [-0.39, 0.29) is 16.3 Å². The number of sulfone groups is 1. The van der Waals surface area contributed by atoms with Crippen LogP contribution in [0.4, 0.5) is 14.6 Å². The maximum absolute atomic E-state index is 14.3. The van der Waals surface area contributed by atoms with E-state index >= 15 is 0 Å².